The van der Waals surface area contributed by atoms with Gasteiger partial charge in [-0.25, -0.2) is 9.78 Å². The topological polar surface area (TPSA) is 62.2 Å². The Morgan fingerprint density at radius 1 is 1.50 bits per heavy atom. The molecule has 0 aliphatic heterocycles. The first-order chi connectivity index (χ1) is 9.72. The lowest BCUT2D eigenvalue weighted by molar-refractivity contribution is 0.0694. The van der Waals surface area contributed by atoms with Crippen molar-refractivity contribution in [2.24, 2.45) is 0 Å². The maximum Gasteiger partial charge on any atom is 0.338 e. The third kappa shape index (κ3) is 3.74. The highest BCUT2D eigenvalue weighted by Gasteiger charge is 2.15. The highest BCUT2D eigenvalue weighted by molar-refractivity contribution is 7.99. The van der Waals surface area contributed by atoms with Gasteiger partial charge in [0.15, 0.2) is 0 Å². The minimum Gasteiger partial charge on any atom is -0.478 e. The summed E-state index contributed by atoms with van der Waals surface area (Å²) in [6.07, 6.45) is 0.785. The Labute approximate surface area is 126 Å². The van der Waals surface area contributed by atoms with Gasteiger partial charge < -0.3 is 10.4 Å². The van der Waals surface area contributed by atoms with Crippen LogP contribution in [0.15, 0.2) is 34.0 Å². The van der Waals surface area contributed by atoms with E-state index < -0.39 is 5.97 Å². The standard InChI is InChI=1S/C14H16N2O2S2/c1-2-20-12-5-3-4-11(13(12)14(17)18)15-7-6-10-8-19-9-16-10/h3-5,8-9,15H,2,6-7H2,1H3,(H,17,18). The largest absolute Gasteiger partial charge is 0.478 e. The van der Waals surface area contributed by atoms with E-state index in [0.29, 0.717) is 17.8 Å². The van der Waals surface area contributed by atoms with Crippen molar-refractivity contribution in [3.05, 3.63) is 40.3 Å². The van der Waals surface area contributed by atoms with Gasteiger partial charge in [0.2, 0.25) is 0 Å². The van der Waals surface area contributed by atoms with Crippen LogP contribution >= 0.6 is 23.1 Å². The van der Waals surface area contributed by atoms with Crippen molar-refractivity contribution >= 4 is 34.8 Å². The minimum atomic E-state index is -0.891. The summed E-state index contributed by atoms with van der Waals surface area (Å²) in [4.78, 5) is 16.5. The number of carboxylic acids is 1. The fourth-order valence-electron chi connectivity index (χ4n) is 1.86. The smallest absolute Gasteiger partial charge is 0.338 e. The Morgan fingerprint density at radius 3 is 3.00 bits per heavy atom. The SMILES string of the molecule is CCSc1cccc(NCCc2cscn2)c1C(=O)O. The second-order valence-corrected chi connectivity index (χ2v) is 6.10. The minimum absolute atomic E-state index is 0.359. The van der Waals surface area contributed by atoms with E-state index >= 15 is 0 Å². The van der Waals surface area contributed by atoms with Crippen LogP contribution in [-0.4, -0.2) is 28.4 Å². The first-order valence-corrected chi connectivity index (χ1v) is 8.25. The number of hydrogen-bond donors (Lipinski definition) is 2. The number of carboxylic acid groups (broad SMARTS) is 1. The Morgan fingerprint density at radius 2 is 2.35 bits per heavy atom. The molecular weight excluding hydrogens is 292 g/mol. The maximum absolute atomic E-state index is 11.4. The summed E-state index contributed by atoms with van der Waals surface area (Å²) < 4.78 is 0. The van der Waals surface area contributed by atoms with E-state index in [1.54, 1.807) is 28.6 Å². The molecule has 0 bridgehead atoms. The van der Waals surface area contributed by atoms with Crippen molar-refractivity contribution in [3.63, 3.8) is 0 Å². The van der Waals surface area contributed by atoms with E-state index in [2.05, 4.69) is 10.3 Å². The number of carbonyl (C=O) groups is 1. The van der Waals surface area contributed by atoms with Crippen LogP contribution in [0.5, 0.6) is 0 Å². The second-order valence-electron chi connectivity index (χ2n) is 4.07. The Kier molecular flexibility index (Phi) is 5.43. The van der Waals surface area contributed by atoms with E-state index in [9.17, 15) is 9.90 Å². The molecule has 0 fully saturated rings. The molecule has 2 N–H and O–H groups in total. The predicted molar refractivity (Wildman–Crippen MR) is 84.1 cm³/mol. The Hall–Kier alpha value is -1.53. The van der Waals surface area contributed by atoms with Gasteiger partial charge in [0, 0.05) is 28.9 Å². The van der Waals surface area contributed by atoms with E-state index in [1.807, 2.05) is 30.5 Å². The number of aromatic carboxylic acids is 1. The molecule has 1 aromatic carbocycles. The fraction of sp³-hybridized carbons (Fsp3) is 0.286. The molecule has 0 spiro atoms. The molecule has 106 valence electrons. The molecule has 4 nitrogen and oxygen atoms in total. The van der Waals surface area contributed by atoms with E-state index in [0.717, 1.165) is 22.8 Å². The van der Waals surface area contributed by atoms with Crippen LogP contribution in [0.3, 0.4) is 0 Å². The van der Waals surface area contributed by atoms with Gasteiger partial charge in [-0.2, -0.15) is 0 Å². The molecule has 1 aromatic heterocycles. The average Bonchev–Trinajstić information content (AvgIpc) is 2.92. The average molecular weight is 308 g/mol. The molecule has 2 rings (SSSR count). The third-order valence-corrected chi connectivity index (χ3v) is 4.30. The van der Waals surface area contributed by atoms with Gasteiger partial charge in [-0.15, -0.1) is 23.1 Å². The molecule has 20 heavy (non-hydrogen) atoms. The van der Waals surface area contributed by atoms with Crippen LogP contribution in [0, 0.1) is 0 Å². The van der Waals surface area contributed by atoms with Crippen LogP contribution in [-0.2, 0) is 6.42 Å². The zero-order valence-corrected chi connectivity index (χ0v) is 12.8. The van der Waals surface area contributed by atoms with Crippen molar-refractivity contribution in [1.82, 2.24) is 4.98 Å². The lowest BCUT2D eigenvalue weighted by Crippen LogP contribution is -2.10. The van der Waals surface area contributed by atoms with Gasteiger partial charge in [0.05, 0.1) is 16.8 Å². The van der Waals surface area contributed by atoms with Gasteiger partial charge in [0.1, 0.15) is 0 Å². The van der Waals surface area contributed by atoms with Crippen LogP contribution in [0.25, 0.3) is 0 Å². The number of hydrogen-bond acceptors (Lipinski definition) is 5. The molecule has 1 heterocycles. The summed E-state index contributed by atoms with van der Waals surface area (Å²) in [5, 5.41) is 14.6. The van der Waals surface area contributed by atoms with Crippen molar-refractivity contribution in [2.45, 2.75) is 18.2 Å². The molecule has 0 atom stereocenters. The number of nitrogens with zero attached hydrogens (tertiary/aromatic N) is 1. The van der Waals surface area contributed by atoms with Crippen molar-refractivity contribution in [3.8, 4) is 0 Å². The summed E-state index contributed by atoms with van der Waals surface area (Å²) in [6, 6.07) is 5.54. The molecule has 0 unspecified atom stereocenters. The molecule has 0 saturated heterocycles. The number of thioether (sulfide) groups is 1. The molecular formula is C14H16N2O2S2. The first kappa shape index (κ1) is 14.9. The number of benzene rings is 1. The van der Waals surface area contributed by atoms with Crippen molar-refractivity contribution in [2.75, 3.05) is 17.6 Å². The maximum atomic E-state index is 11.4. The summed E-state index contributed by atoms with van der Waals surface area (Å²) >= 11 is 3.11. The third-order valence-electron chi connectivity index (χ3n) is 2.72. The fourth-order valence-corrected chi connectivity index (χ4v) is 3.28. The van der Waals surface area contributed by atoms with Gasteiger partial charge in [0.25, 0.3) is 0 Å². The Bertz CT molecular complexity index is 571. The number of anilines is 1. The zero-order chi connectivity index (χ0) is 14.4. The second kappa shape index (κ2) is 7.31. The van der Waals surface area contributed by atoms with Gasteiger partial charge in [-0.05, 0) is 17.9 Å². The van der Waals surface area contributed by atoms with Gasteiger partial charge in [-0.3, -0.25) is 0 Å². The predicted octanol–water partition coefficient (Wildman–Crippen LogP) is 3.61. The highest BCUT2D eigenvalue weighted by atomic mass is 32.2. The summed E-state index contributed by atoms with van der Waals surface area (Å²) in [5.74, 6) is -0.0413. The number of nitrogens with one attached hydrogen (secondary N) is 1. The molecule has 2 aromatic rings. The van der Waals surface area contributed by atoms with Crippen molar-refractivity contribution < 1.29 is 9.90 Å². The van der Waals surface area contributed by atoms with Crippen LogP contribution in [0.1, 0.15) is 23.0 Å². The highest BCUT2D eigenvalue weighted by Crippen LogP contribution is 2.28. The van der Waals surface area contributed by atoms with Gasteiger partial charge >= 0.3 is 5.97 Å². The first-order valence-electron chi connectivity index (χ1n) is 6.32. The zero-order valence-electron chi connectivity index (χ0n) is 11.1. The molecule has 0 aliphatic rings. The lowest BCUT2D eigenvalue weighted by atomic mass is 10.1. The molecule has 0 saturated carbocycles. The number of thiazole rings is 1. The molecule has 0 aliphatic carbocycles. The molecule has 6 heteroatoms. The van der Waals surface area contributed by atoms with E-state index in [1.165, 1.54) is 0 Å². The van der Waals surface area contributed by atoms with Crippen molar-refractivity contribution in [1.29, 1.82) is 0 Å². The molecule has 0 radical (unpaired) electrons. The summed E-state index contributed by atoms with van der Waals surface area (Å²) in [7, 11) is 0. The normalized spacial score (nSPS) is 10.4. The van der Waals surface area contributed by atoms with Crippen LogP contribution in [0.4, 0.5) is 5.69 Å². The molecule has 0 amide bonds. The van der Waals surface area contributed by atoms with Gasteiger partial charge in [-0.1, -0.05) is 13.0 Å². The van der Waals surface area contributed by atoms with E-state index in [4.69, 9.17) is 0 Å². The van der Waals surface area contributed by atoms with Crippen LogP contribution < -0.4 is 5.32 Å². The monoisotopic (exact) mass is 308 g/mol. The quantitative estimate of drug-likeness (QED) is 0.765. The van der Waals surface area contributed by atoms with E-state index in [-0.39, 0.29) is 0 Å². The summed E-state index contributed by atoms with van der Waals surface area (Å²) in [6.45, 7) is 2.68. The summed E-state index contributed by atoms with van der Waals surface area (Å²) in [5.41, 5.74) is 3.86. The number of aromatic nitrogens is 1. The van der Waals surface area contributed by atoms with Crippen LogP contribution in [0.2, 0.25) is 0 Å². The number of rotatable bonds is 7. The Balaban J connectivity index is 2.09. The lowest BCUT2D eigenvalue weighted by Gasteiger charge is -2.12.